The molecule has 1 aliphatic carbocycles. The van der Waals surface area contributed by atoms with Gasteiger partial charge in [0.1, 0.15) is 5.69 Å². The Morgan fingerprint density at radius 1 is 1.36 bits per heavy atom. The zero-order chi connectivity index (χ0) is 18.4. The molecule has 3 rings (SSSR count). The van der Waals surface area contributed by atoms with Crippen molar-refractivity contribution >= 4 is 17.7 Å². The lowest BCUT2D eigenvalue weighted by molar-refractivity contribution is -0.149. The summed E-state index contributed by atoms with van der Waals surface area (Å²) in [4.78, 5) is 41.7. The number of aliphatic carboxylic acids is 1. The number of hydrogen-bond acceptors (Lipinski definition) is 3. The molecule has 1 saturated carbocycles. The molecule has 1 aromatic heterocycles. The summed E-state index contributed by atoms with van der Waals surface area (Å²) >= 11 is 0. The molecule has 2 heterocycles. The number of rotatable bonds is 5. The average molecular weight is 346 g/mol. The number of ketones is 1. The molecule has 1 aromatic rings. The highest BCUT2D eigenvalue weighted by atomic mass is 16.4. The van der Waals surface area contributed by atoms with Crippen molar-refractivity contribution in [2.45, 2.75) is 52.9 Å². The number of carbonyl (C=O) groups excluding carboxylic acids is 2. The van der Waals surface area contributed by atoms with Crippen molar-refractivity contribution in [1.29, 1.82) is 0 Å². The van der Waals surface area contributed by atoms with Crippen LogP contribution in [0, 0.1) is 18.3 Å². The number of carboxylic acids is 1. The van der Waals surface area contributed by atoms with Crippen LogP contribution in [0.15, 0.2) is 0 Å². The minimum Gasteiger partial charge on any atom is -0.481 e. The Morgan fingerprint density at radius 3 is 2.64 bits per heavy atom. The molecule has 2 N–H and O–H groups in total. The first-order valence-corrected chi connectivity index (χ1v) is 9.06. The number of aryl methyl sites for hydroxylation is 1. The predicted octanol–water partition coefficient (Wildman–Crippen LogP) is 2.81. The predicted molar refractivity (Wildman–Crippen MR) is 92.8 cm³/mol. The molecule has 6 nitrogen and oxygen atoms in total. The molecule has 0 bridgehead atoms. The van der Waals surface area contributed by atoms with Crippen LogP contribution in [0.4, 0.5) is 0 Å². The van der Waals surface area contributed by atoms with Crippen LogP contribution in [0.1, 0.15) is 71.6 Å². The fourth-order valence-electron chi connectivity index (χ4n) is 4.79. The highest BCUT2D eigenvalue weighted by Crippen LogP contribution is 2.49. The third-order valence-corrected chi connectivity index (χ3v) is 5.94. The number of aromatic amines is 1. The molecule has 2 aliphatic rings. The summed E-state index contributed by atoms with van der Waals surface area (Å²) in [7, 11) is 0. The van der Waals surface area contributed by atoms with Crippen LogP contribution >= 0.6 is 0 Å². The maximum atomic E-state index is 13.1. The quantitative estimate of drug-likeness (QED) is 0.802. The Balaban J connectivity index is 1.93. The Labute approximate surface area is 147 Å². The molecule has 136 valence electrons. The van der Waals surface area contributed by atoms with Crippen LogP contribution in [-0.2, 0) is 11.2 Å². The molecular formula is C19H26N2O4. The van der Waals surface area contributed by atoms with E-state index >= 15 is 0 Å². The number of amides is 1. The molecule has 0 aromatic carbocycles. The Morgan fingerprint density at radius 2 is 2.08 bits per heavy atom. The second-order valence-corrected chi connectivity index (χ2v) is 7.52. The van der Waals surface area contributed by atoms with E-state index in [1.807, 2.05) is 13.8 Å². The highest BCUT2D eigenvalue weighted by Gasteiger charge is 2.56. The van der Waals surface area contributed by atoms with E-state index in [-0.39, 0.29) is 24.2 Å². The number of H-pyrrole nitrogens is 1. The minimum atomic E-state index is -0.786. The van der Waals surface area contributed by atoms with Gasteiger partial charge in [-0.3, -0.25) is 14.4 Å². The lowest BCUT2D eigenvalue weighted by Gasteiger charge is -2.23. The molecule has 2 fully saturated rings. The number of nitrogens with zero attached hydrogens (tertiary/aromatic N) is 1. The molecule has 1 amide bonds. The van der Waals surface area contributed by atoms with E-state index in [0.29, 0.717) is 36.3 Å². The van der Waals surface area contributed by atoms with Gasteiger partial charge in [-0.05, 0) is 44.6 Å². The van der Waals surface area contributed by atoms with E-state index in [9.17, 15) is 19.5 Å². The lowest BCUT2D eigenvalue weighted by Crippen LogP contribution is -2.37. The van der Waals surface area contributed by atoms with Crippen molar-refractivity contribution in [3.05, 3.63) is 22.5 Å². The first kappa shape index (κ1) is 17.7. The van der Waals surface area contributed by atoms with Crippen LogP contribution in [0.25, 0.3) is 0 Å². The third-order valence-electron chi connectivity index (χ3n) is 5.94. The lowest BCUT2D eigenvalue weighted by atomic mass is 9.81. The van der Waals surface area contributed by atoms with Crippen LogP contribution in [0.2, 0.25) is 0 Å². The van der Waals surface area contributed by atoms with Crippen molar-refractivity contribution in [3.63, 3.8) is 0 Å². The summed E-state index contributed by atoms with van der Waals surface area (Å²) in [6.45, 7) is 6.10. The molecule has 0 spiro atoms. The largest absolute Gasteiger partial charge is 0.481 e. The number of aromatic nitrogens is 1. The molecule has 1 saturated heterocycles. The number of nitrogens with one attached hydrogen (secondary N) is 1. The normalized spacial score (nSPS) is 25.2. The van der Waals surface area contributed by atoms with E-state index < -0.39 is 11.4 Å². The van der Waals surface area contributed by atoms with Crippen LogP contribution in [-0.4, -0.2) is 45.7 Å². The van der Waals surface area contributed by atoms with E-state index in [2.05, 4.69) is 4.98 Å². The smallest absolute Gasteiger partial charge is 0.311 e. The Hall–Kier alpha value is -2.11. The van der Waals surface area contributed by atoms with E-state index in [1.54, 1.807) is 4.90 Å². The number of Topliss-reactive ketones (excluding diaryl/α,β-unsaturated/α-hetero) is 1. The molecule has 1 aliphatic heterocycles. The first-order valence-electron chi connectivity index (χ1n) is 9.06. The van der Waals surface area contributed by atoms with Gasteiger partial charge in [-0.1, -0.05) is 19.8 Å². The SMILES string of the molecule is CCCc1c(C(=O)N2C[C@@H]3CCC[C@@]3(C(=O)O)C2)[nH]c(C)c1C(C)=O. The summed E-state index contributed by atoms with van der Waals surface area (Å²) in [5, 5.41) is 9.71. The third kappa shape index (κ3) is 2.68. The van der Waals surface area contributed by atoms with Crippen molar-refractivity contribution in [2.75, 3.05) is 13.1 Å². The van der Waals surface area contributed by atoms with Crippen molar-refractivity contribution in [3.8, 4) is 0 Å². The van der Waals surface area contributed by atoms with Gasteiger partial charge in [0, 0.05) is 24.3 Å². The summed E-state index contributed by atoms with van der Waals surface area (Å²) in [6, 6.07) is 0. The maximum Gasteiger partial charge on any atom is 0.311 e. The van der Waals surface area contributed by atoms with Gasteiger partial charge < -0.3 is 15.0 Å². The first-order chi connectivity index (χ1) is 11.8. The van der Waals surface area contributed by atoms with Gasteiger partial charge in [-0.2, -0.15) is 0 Å². The molecule has 6 heteroatoms. The van der Waals surface area contributed by atoms with E-state index in [4.69, 9.17) is 0 Å². The number of hydrogen-bond donors (Lipinski definition) is 2. The van der Waals surface area contributed by atoms with E-state index in [1.165, 1.54) is 6.92 Å². The molecule has 0 unspecified atom stereocenters. The van der Waals surface area contributed by atoms with Crippen molar-refractivity contribution < 1.29 is 19.5 Å². The summed E-state index contributed by atoms with van der Waals surface area (Å²) in [5.74, 6) is -0.969. The van der Waals surface area contributed by atoms with Gasteiger partial charge in [-0.15, -0.1) is 0 Å². The number of carbonyl (C=O) groups is 3. The minimum absolute atomic E-state index is 0.0342. The molecule has 0 radical (unpaired) electrons. The van der Waals surface area contributed by atoms with Gasteiger partial charge in [0.05, 0.1) is 5.41 Å². The monoisotopic (exact) mass is 346 g/mol. The molecule has 25 heavy (non-hydrogen) atoms. The second kappa shape index (κ2) is 6.32. The summed E-state index contributed by atoms with van der Waals surface area (Å²) in [6.07, 6.45) is 3.90. The molecule has 2 atom stereocenters. The van der Waals surface area contributed by atoms with E-state index in [0.717, 1.165) is 24.8 Å². The summed E-state index contributed by atoms with van der Waals surface area (Å²) < 4.78 is 0. The Bertz CT molecular complexity index is 736. The van der Waals surface area contributed by atoms with Crippen LogP contribution in [0.3, 0.4) is 0 Å². The van der Waals surface area contributed by atoms with Gasteiger partial charge in [0.2, 0.25) is 0 Å². The fraction of sp³-hybridized carbons (Fsp3) is 0.632. The van der Waals surface area contributed by atoms with Crippen molar-refractivity contribution in [2.24, 2.45) is 11.3 Å². The second-order valence-electron chi connectivity index (χ2n) is 7.52. The standard InChI is InChI=1S/C19H26N2O4/c1-4-6-14-15(12(3)22)11(2)20-16(14)17(23)21-9-13-7-5-8-19(13,10-21)18(24)25/h13,20H,4-10H2,1-3H3,(H,24,25)/t13-,19+/m0/s1. The summed E-state index contributed by atoms with van der Waals surface area (Å²) in [5.41, 5.74) is 1.78. The average Bonchev–Trinajstić information content (AvgIpc) is 3.17. The number of carboxylic acid groups (broad SMARTS) is 1. The van der Waals surface area contributed by atoms with Gasteiger partial charge in [0.15, 0.2) is 5.78 Å². The van der Waals surface area contributed by atoms with Crippen LogP contribution < -0.4 is 0 Å². The Kier molecular flexibility index (Phi) is 4.47. The van der Waals surface area contributed by atoms with Gasteiger partial charge in [-0.25, -0.2) is 0 Å². The zero-order valence-electron chi connectivity index (χ0n) is 15.1. The molecular weight excluding hydrogens is 320 g/mol. The number of fused-ring (bicyclic) bond motifs is 1. The van der Waals surface area contributed by atoms with Crippen molar-refractivity contribution in [1.82, 2.24) is 9.88 Å². The fourth-order valence-corrected chi connectivity index (χ4v) is 4.79. The van der Waals surface area contributed by atoms with Gasteiger partial charge >= 0.3 is 5.97 Å². The maximum absolute atomic E-state index is 13.1. The van der Waals surface area contributed by atoms with Crippen LogP contribution in [0.5, 0.6) is 0 Å². The highest BCUT2D eigenvalue weighted by molar-refractivity contribution is 6.03. The number of likely N-dealkylation sites (tertiary alicyclic amines) is 1. The zero-order valence-corrected chi connectivity index (χ0v) is 15.1. The van der Waals surface area contributed by atoms with Gasteiger partial charge in [0.25, 0.3) is 5.91 Å². The topological polar surface area (TPSA) is 90.5 Å².